The Morgan fingerprint density at radius 3 is 1.49 bits per heavy atom. The van der Waals surface area contributed by atoms with Crippen LogP contribution in [0.25, 0.3) is 0 Å². The third-order valence-corrected chi connectivity index (χ3v) is 5.80. The molecule has 0 atom stereocenters. The van der Waals surface area contributed by atoms with Crippen molar-refractivity contribution < 1.29 is 0 Å². The van der Waals surface area contributed by atoms with Gasteiger partial charge in [0.1, 0.15) is 0 Å². The minimum Gasteiger partial charge on any atom is -0.330 e. The van der Waals surface area contributed by atoms with Crippen LogP contribution in [0, 0.1) is 0 Å². The number of nitrogens with one attached hydrogen (secondary N) is 4. The topological polar surface area (TPSA) is 185 Å². The molecule has 0 aliphatic carbocycles. The van der Waals surface area contributed by atoms with Gasteiger partial charge in [0.05, 0.1) is 0 Å². The molecule has 210 valence electrons. The van der Waals surface area contributed by atoms with Gasteiger partial charge in [-0.05, 0) is 32.4 Å². The minimum atomic E-state index is 0.668. The van der Waals surface area contributed by atoms with Gasteiger partial charge in [-0.1, -0.05) is 11.6 Å². The lowest BCUT2D eigenvalue weighted by Gasteiger charge is -2.28. The molecule has 0 aromatic carbocycles. The first-order valence-corrected chi connectivity index (χ1v) is 13.7. The molecule has 0 aliphatic heterocycles. The fraction of sp³-hybridized carbons (Fsp3) is 0.917. The SMILES string of the molecule is NCC/C=C(\CCN)CCN(CCNCCNCCNCCN)CCN(CCN)CCNCCN. The van der Waals surface area contributed by atoms with Crippen molar-refractivity contribution >= 4 is 0 Å². The maximum atomic E-state index is 5.87. The molecule has 0 aromatic heterocycles. The van der Waals surface area contributed by atoms with Crippen molar-refractivity contribution in [3.05, 3.63) is 11.6 Å². The molecule has 0 fully saturated rings. The Bertz CT molecular complexity index is 451. The predicted octanol–water partition coefficient (Wildman–Crippen LogP) is -3.16. The summed E-state index contributed by atoms with van der Waals surface area (Å²) in [6.45, 7) is 16.9. The van der Waals surface area contributed by atoms with Gasteiger partial charge in [0.2, 0.25) is 0 Å². The van der Waals surface area contributed by atoms with E-state index < -0.39 is 0 Å². The van der Waals surface area contributed by atoms with Gasteiger partial charge in [-0.3, -0.25) is 4.90 Å². The molecule has 11 heteroatoms. The molecule has 0 saturated carbocycles. The van der Waals surface area contributed by atoms with Gasteiger partial charge in [0.15, 0.2) is 0 Å². The van der Waals surface area contributed by atoms with Crippen LogP contribution in [0.15, 0.2) is 11.6 Å². The molecule has 14 N–H and O–H groups in total. The molecular formula is C24H59N11. The molecule has 0 amide bonds. The number of hydrogen-bond acceptors (Lipinski definition) is 11. The first-order valence-electron chi connectivity index (χ1n) is 13.7. The monoisotopic (exact) mass is 501 g/mol. The molecule has 0 unspecified atom stereocenters. The molecular weight excluding hydrogens is 442 g/mol. The summed E-state index contributed by atoms with van der Waals surface area (Å²) < 4.78 is 0. The normalized spacial score (nSPS) is 12.4. The van der Waals surface area contributed by atoms with Crippen LogP contribution in [0.5, 0.6) is 0 Å². The highest BCUT2D eigenvalue weighted by Gasteiger charge is 2.10. The third-order valence-electron chi connectivity index (χ3n) is 5.80. The Balaban J connectivity index is 4.52. The summed E-state index contributed by atoms with van der Waals surface area (Å²) in [6.07, 6.45) is 5.19. The Kier molecular flexibility index (Phi) is 27.3. The Morgan fingerprint density at radius 1 is 0.457 bits per heavy atom. The molecule has 35 heavy (non-hydrogen) atoms. The lowest BCUT2D eigenvalue weighted by Crippen LogP contribution is -2.43. The quantitative estimate of drug-likeness (QED) is 0.0389. The molecule has 11 nitrogen and oxygen atoms in total. The summed E-state index contributed by atoms with van der Waals surface area (Å²) in [5.41, 5.74) is 29.9. The smallest absolute Gasteiger partial charge is 0.0110 e. The second-order valence-electron chi connectivity index (χ2n) is 8.78. The summed E-state index contributed by atoms with van der Waals surface area (Å²) in [5.74, 6) is 0. The number of nitrogens with two attached hydrogens (primary N) is 5. The second-order valence-corrected chi connectivity index (χ2v) is 8.78. The van der Waals surface area contributed by atoms with E-state index in [9.17, 15) is 0 Å². The number of hydrogen-bond donors (Lipinski definition) is 9. The maximum absolute atomic E-state index is 5.87. The summed E-state index contributed by atoms with van der Waals surface area (Å²) in [7, 11) is 0. The van der Waals surface area contributed by atoms with E-state index in [1.165, 1.54) is 5.57 Å². The predicted molar refractivity (Wildman–Crippen MR) is 152 cm³/mol. The van der Waals surface area contributed by atoms with E-state index in [1.54, 1.807) is 0 Å². The maximum Gasteiger partial charge on any atom is 0.0110 e. The highest BCUT2D eigenvalue weighted by Crippen LogP contribution is 2.09. The van der Waals surface area contributed by atoms with Crippen LogP contribution in [-0.2, 0) is 0 Å². The summed E-state index contributed by atoms with van der Waals surface area (Å²) in [4.78, 5) is 5.00. The van der Waals surface area contributed by atoms with Crippen molar-refractivity contribution in [3.8, 4) is 0 Å². The van der Waals surface area contributed by atoms with Gasteiger partial charge >= 0.3 is 0 Å². The van der Waals surface area contributed by atoms with E-state index in [-0.39, 0.29) is 0 Å². The summed E-state index contributed by atoms with van der Waals surface area (Å²) in [6, 6.07) is 0. The first-order chi connectivity index (χ1) is 17.2. The molecule has 0 heterocycles. The van der Waals surface area contributed by atoms with Crippen LogP contribution in [-0.4, -0.2) is 134 Å². The lowest BCUT2D eigenvalue weighted by molar-refractivity contribution is 0.207. The van der Waals surface area contributed by atoms with E-state index in [1.807, 2.05) is 0 Å². The van der Waals surface area contributed by atoms with Gasteiger partial charge in [0, 0.05) is 111 Å². The lowest BCUT2D eigenvalue weighted by atomic mass is 10.1. The highest BCUT2D eigenvalue weighted by molar-refractivity contribution is 5.03. The van der Waals surface area contributed by atoms with Crippen LogP contribution in [0.3, 0.4) is 0 Å². The molecule has 0 bridgehead atoms. The Hall–Kier alpha value is -0.700. The van der Waals surface area contributed by atoms with Crippen LogP contribution in [0.1, 0.15) is 19.3 Å². The Labute approximate surface area is 215 Å². The Morgan fingerprint density at radius 2 is 0.971 bits per heavy atom. The van der Waals surface area contributed by atoms with E-state index in [0.29, 0.717) is 32.7 Å². The summed E-state index contributed by atoms with van der Waals surface area (Å²) >= 11 is 0. The molecule has 0 rings (SSSR count). The fourth-order valence-corrected chi connectivity index (χ4v) is 3.77. The van der Waals surface area contributed by atoms with Crippen molar-refractivity contribution in [1.29, 1.82) is 0 Å². The molecule has 0 radical (unpaired) electrons. The van der Waals surface area contributed by atoms with Gasteiger partial charge in [-0.15, -0.1) is 0 Å². The first kappa shape index (κ1) is 34.3. The van der Waals surface area contributed by atoms with Crippen molar-refractivity contribution in [2.75, 3.05) is 124 Å². The highest BCUT2D eigenvalue weighted by atomic mass is 15.2. The average molecular weight is 502 g/mol. The van der Waals surface area contributed by atoms with Crippen LogP contribution in [0.2, 0.25) is 0 Å². The second kappa shape index (κ2) is 27.9. The van der Waals surface area contributed by atoms with Crippen molar-refractivity contribution in [3.63, 3.8) is 0 Å². The average Bonchev–Trinajstić information content (AvgIpc) is 2.86. The van der Waals surface area contributed by atoms with Crippen molar-refractivity contribution in [1.82, 2.24) is 31.1 Å². The minimum absolute atomic E-state index is 0.668. The van der Waals surface area contributed by atoms with E-state index in [4.69, 9.17) is 28.7 Å². The standard InChI is InChI=1S/C24H59N11/c25-5-1-2-24(3-6-26)4-18-34(20-17-33-15-14-32-13-12-30-10-7-27)22-23-35(19-9-29)21-16-31-11-8-28/h2,30-33H,1,3-23,25-29H2/b24-2+. The van der Waals surface area contributed by atoms with E-state index in [0.717, 1.165) is 111 Å². The fourth-order valence-electron chi connectivity index (χ4n) is 3.77. The van der Waals surface area contributed by atoms with Gasteiger partial charge in [-0.2, -0.15) is 0 Å². The molecule has 0 aromatic rings. The summed E-state index contributed by atoms with van der Waals surface area (Å²) in [5, 5.41) is 13.7. The zero-order chi connectivity index (χ0) is 25.8. The van der Waals surface area contributed by atoms with Gasteiger partial charge in [0.25, 0.3) is 0 Å². The van der Waals surface area contributed by atoms with Crippen LogP contribution < -0.4 is 49.9 Å². The van der Waals surface area contributed by atoms with E-state index in [2.05, 4.69) is 37.1 Å². The molecule has 0 spiro atoms. The van der Waals surface area contributed by atoms with E-state index >= 15 is 0 Å². The number of rotatable bonds is 28. The molecule has 0 saturated heterocycles. The molecule has 0 aliphatic rings. The van der Waals surface area contributed by atoms with Gasteiger partial charge < -0.3 is 54.8 Å². The van der Waals surface area contributed by atoms with Crippen LogP contribution in [0.4, 0.5) is 0 Å². The van der Waals surface area contributed by atoms with Crippen LogP contribution >= 0.6 is 0 Å². The number of nitrogens with zero attached hydrogens (tertiary/aromatic N) is 2. The zero-order valence-corrected chi connectivity index (χ0v) is 22.4. The van der Waals surface area contributed by atoms with Gasteiger partial charge in [-0.25, -0.2) is 0 Å². The third kappa shape index (κ3) is 23.4. The zero-order valence-electron chi connectivity index (χ0n) is 22.4. The van der Waals surface area contributed by atoms with Crippen molar-refractivity contribution in [2.24, 2.45) is 28.7 Å². The van der Waals surface area contributed by atoms with Crippen molar-refractivity contribution in [2.45, 2.75) is 19.3 Å². The largest absolute Gasteiger partial charge is 0.330 e.